The molecule has 0 aliphatic carbocycles. The van der Waals surface area contributed by atoms with E-state index in [1.54, 1.807) is 12.1 Å². The van der Waals surface area contributed by atoms with Crippen LogP contribution in [-0.2, 0) is 19.4 Å². The number of carbonyl (C=O) groups excluding carboxylic acids is 3. The van der Waals surface area contributed by atoms with Gasteiger partial charge >= 0.3 is 0 Å². The van der Waals surface area contributed by atoms with Crippen molar-refractivity contribution in [3.8, 4) is 0 Å². The molecule has 2 aliphatic heterocycles. The molecule has 0 aromatic carbocycles. The number of halogens is 1. The van der Waals surface area contributed by atoms with E-state index in [9.17, 15) is 22.8 Å². The Morgan fingerprint density at radius 2 is 2.20 bits per heavy atom. The van der Waals surface area contributed by atoms with Crippen LogP contribution in [0, 0.1) is 0 Å². The first-order chi connectivity index (χ1) is 11.7. The Morgan fingerprint density at radius 1 is 1.44 bits per heavy atom. The highest BCUT2D eigenvalue weighted by Gasteiger charge is 2.37. The molecule has 1 saturated heterocycles. The highest BCUT2D eigenvalue weighted by Crippen LogP contribution is 2.32. The van der Waals surface area contributed by atoms with Gasteiger partial charge in [0.2, 0.25) is 5.91 Å². The molecule has 1 fully saturated rings. The average molecular weight is 447 g/mol. The number of sulfone groups is 1. The second-order valence-electron chi connectivity index (χ2n) is 5.24. The molecule has 0 saturated carbocycles. The number of imide groups is 1. The zero-order valence-corrected chi connectivity index (χ0v) is 15.7. The zero-order valence-electron chi connectivity index (χ0n) is 12.5. The smallest absolute Gasteiger partial charge is 0.294 e. The van der Waals surface area contributed by atoms with Crippen LogP contribution in [0.15, 0.2) is 37.6 Å². The molecule has 25 heavy (non-hydrogen) atoms. The van der Waals surface area contributed by atoms with Crippen molar-refractivity contribution in [1.29, 1.82) is 0 Å². The van der Waals surface area contributed by atoms with Crippen molar-refractivity contribution >= 4 is 60.7 Å². The van der Waals surface area contributed by atoms with Gasteiger partial charge in [0.25, 0.3) is 11.1 Å². The van der Waals surface area contributed by atoms with Crippen LogP contribution in [0.3, 0.4) is 0 Å². The van der Waals surface area contributed by atoms with Crippen LogP contribution in [0.5, 0.6) is 0 Å². The first-order valence-electron chi connectivity index (χ1n) is 6.94. The first-order valence-corrected chi connectivity index (χ1v) is 10.3. The highest BCUT2D eigenvalue weighted by molar-refractivity contribution is 9.10. The van der Waals surface area contributed by atoms with Gasteiger partial charge in [-0.05, 0) is 45.9 Å². The van der Waals surface area contributed by atoms with Gasteiger partial charge in [-0.1, -0.05) is 0 Å². The van der Waals surface area contributed by atoms with Crippen molar-refractivity contribution in [2.45, 2.75) is 6.04 Å². The van der Waals surface area contributed by atoms with Gasteiger partial charge in [0.1, 0.15) is 12.3 Å². The van der Waals surface area contributed by atoms with E-state index in [-0.39, 0.29) is 10.7 Å². The van der Waals surface area contributed by atoms with Gasteiger partial charge in [-0.3, -0.25) is 19.3 Å². The number of amides is 3. The first kappa shape index (κ1) is 18.0. The maximum absolute atomic E-state index is 12.3. The third-order valence-corrected chi connectivity index (χ3v) is 6.05. The minimum Gasteiger partial charge on any atom is -0.450 e. The fourth-order valence-corrected chi connectivity index (χ4v) is 4.61. The third kappa shape index (κ3) is 4.22. The number of nitrogens with zero attached hydrogens (tertiary/aromatic N) is 1. The lowest BCUT2D eigenvalue weighted by Gasteiger charge is -2.14. The fraction of sp³-hybridized carbons (Fsp3) is 0.214. The summed E-state index contributed by atoms with van der Waals surface area (Å²) in [6.45, 7) is -0.478. The highest BCUT2D eigenvalue weighted by atomic mass is 79.9. The van der Waals surface area contributed by atoms with Crippen molar-refractivity contribution in [1.82, 2.24) is 10.2 Å². The molecule has 8 nitrogen and oxygen atoms in total. The third-order valence-electron chi connectivity index (χ3n) is 3.32. The van der Waals surface area contributed by atoms with Crippen molar-refractivity contribution < 1.29 is 27.2 Å². The summed E-state index contributed by atoms with van der Waals surface area (Å²) in [7, 11) is -3.30. The number of thioether (sulfide) groups is 1. The number of nitrogens with one attached hydrogen (secondary N) is 1. The van der Waals surface area contributed by atoms with E-state index in [2.05, 4.69) is 21.2 Å². The normalized spacial score (nSPS) is 23.6. The monoisotopic (exact) mass is 446 g/mol. The van der Waals surface area contributed by atoms with Gasteiger partial charge in [-0.15, -0.1) is 0 Å². The standard InChI is InChI=1S/C14H11BrN2O6S2/c15-11-2-1-9(23-11)5-10-13(19)17(14(20)24-10)6-12(18)16-8-3-4-25(21,22)7-8/h1-5,8H,6-7H2,(H,16,18). The molecule has 11 heteroatoms. The Hall–Kier alpha value is -1.85. The van der Waals surface area contributed by atoms with Crippen molar-refractivity contribution in [2.24, 2.45) is 0 Å². The quantitative estimate of drug-likeness (QED) is 0.696. The number of hydrogen-bond donors (Lipinski definition) is 1. The predicted octanol–water partition coefficient (Wildman–Crippen LogP) is 1.51. The maximum atomic E-state index is 12.3. The number of furan rings is 1. The Labute approximate surface area is 155 Å². The number of carbonyl (C=O) groups is 3. The molecule has 3 heterocycles. The van der Waals surface area contributed by atoms with E-state index in [4.69, 9.17) is 4.42 Å². The lowest BCUT2D eigenvalue weighted by Crippen LogP contribution is -2.43. The van der Waals surface area contributed by atoms with Crippen LogP contribution in [0.2, 0.25) is 0 Å². The lowest BCUT2D eigenvalue weighted by atomic mass is 10.3. The lowest BCUT2D eigenvalue weighted by molar-refractivity contribution is -0.129. The molecular weight excluding hydrogens is 436 g/mol. The predicted molar refractivity (Wildman–Crippen MR) is 93.9 cm³/mol. The van der Waals surface area contributed by atoms with Crippen LogP contribution in [-0.4, -0.2) is 48.7 Å². The number of hydrogen-bond acceptors (Lipinski definition) is 7. The van der Waals surface area contributed by atoms with Gasteiger partial charge in [0, 0.05) is 11.5 Å². The van der Waals surface area contributed by atoms with E-state index < -0.39 is 39.5 Å². The van der Waals surface area contributed by atoms with Crippen molar-refractivity contribution in [3.63, 3.8) is 0 Å². The molecule has 132 valence electrons. The van der Waals surface area contributed by atoms with E-state index in [1.807, 2.05) is 0 Å². The minimum atomic E-state index is -3.30. The van der Waals surface area contributed by atoms with E-state index in [1.165, 1.54) is 12.2 Å². The van der Waals surface area contributed by atoms with E-state index in [0.29, 0.717) is 22.2 Å². The van der Waals surface area contributed by atoms with Gasteiger partial charge in [-0.25, -0.2) is 8.42 Å². The molecule has 1 unspecified atom stereocenters. The molecule has 1 atom stereocenters. The fourth-order valence-electron chi connectivity index (χ4n) is 2.23. The summed E-state index contributed by atoms with van der Waals surface area (Å²) >= 11 is 3.84. The van der Waals surface area contributed by atoms with Crippen LogP contribution in [0.4, 0.5) is 4.79 Å². The van der Waals surface area contributed by atoms with E-state index in [0.717, 1.165) is 10.3 Å². The van der Waals surface area contributed by atoms with Gasteiger partial charge in [0.15, 0.2) is 14.5 Å². The summed E-state index contributed by atoms with van der Waals surface area (Å²) in [5.74, 6) is -1.06. The molecule has 0 bridgehead atoms. The summed E-state index contributed by atoms with van der Waals surface area (Å²) in [5.41, 5.74) is 0. The summed E-state index contributed by atoms with van der Waals surface area (Å²) in [5, 5.41) is 2.92. The van der Waals surface area contributed by atoms with Crippen molar-refractivity contribution in [2.75, 3.05) is 12.3 Å². The molecule has 0 radical (unpaired) electrons. The topological polar surface area (TPSA) is 114 Å². The number of rotatable bonds is 4. The Morgan fingerprint density at radius 3 is 2.80 bits per heavy atom. The summed E-state index contributed by atoms with van der Waals surface area (Å²) in [6.07, 6.45) is 2.77. The van der Waals surface area contributed by atoms with Crippen LogP contribution < -0.4 is 5.32 Å². The van der Waals surface area contributed by atoms with Crippen LogP contribution in [0.1, 0.15) is 5.76 Å². The van der Waals surface area contributed by atoms with Gasteiger partial charge < -0.3 is 9.73 Å². The molecule has 0 spiro atoms. The summed E-state index contributed by atoms with van der Waals surface area (Å²) < 4.78 is 28.4. The Bertz CT molecular complexity index is 918. The second-order valence-corrected chi connectivity index (χ2v) is 8.95. The molecular formula is C14H11BrN2O6S2. The molecule has 1 N–H and O–H groups in total. The second kappa shape index (κ2) is 6.81. The van der Waals surface area contributed by atoms with Gasteiger partial charge in [0.05, 0.1) is 16.7 Å². The summed E-state index contributed by atoms with van der Waals surface area (Å²) in [4.78, 5) is 37.2. The zero-order chi connectivity index (χ0) is 18.2. The Kier molecular flexibility index (Phi) is 4.89. The minimum absolute atomic E-state index is 0.142. The molecule has 3 rings (SSSR count). The molecule has 1 aromatic rings. The van der Waals surface area contributed by atoms with Crippen LogP contribution in [0.25, 0.3) is 6.08 Å². The Balaban J connectivity index is 1.64. The molecule has 2 aliphatic rings. The largest absolute Gasteiger partial charge is 0.450 e. The molecule has 3 amide bonds. The maximum Gasteiger partial charge on any atom is 0.294 e. The molecule has 1 aromatic heterocycles. The SMILES string of the molecule is O=C(CN1C(=O)SC(=Cc2ccc(Br)o2)C1=O)NC1C=CS(=O)(=O)C1. The van der Waals surface area contributed by atoms with Gasteiger partial charge in [-0.2, -0.15) is 0 Å². The average Bonchev–Trinajstić information content (AvgIpc) is 3.14. The summed E-state index contributed by atoms with van der Waals surface area (Å²) in [6, 6.07) is 2.61. The van der Waals surface area contributed by atoms with Crippen LogP contribution >= 0.6 is 27.7 Å². The van der Waals surface area contributed by atoms with E-state index >= 15 is 0 Å². The van der Waals surface area contributed by atoms with Crippen molar-refractivity contribution in [3.05, 3.63) is 39.0 Å².